The van der Waals surface area contributed by atoms with E-state index in [1.165, 1.54) is 5.56 Å². The highest BCUT2D eigenvalue weighted by molar-refractivity contribution is 5.90. The van der Waals surface area contributed by atoms with Crippen molar-refractivity contribution in [3.63, 3.8) is 0 Å². The molecule has 146 valence electrons. The van der Waals surface area contributed by atoms with E-state index in [0.29, 0.717) is 17.9 Å². The second-order valence-corrected chi connectivity index (χ2v) is 6.77. The SMILES string of the molecule is COc1cccc(-c2ccc3nc(NC(=O)CCCc4ccccc4)cn3n2)c1. The van der Waals surface area contributed by atoms with Crippen LogP contribution >= 0.6 is 0 Å². The third-order valence-corrected chi connectivity index (χ3v) is 4.67. The Bertz CT molecular complexity index is 1120. The van der Waals surface area contributed by atoms with E-state index >= 15 is 0 Å². The molecule has 0 unspecified atom stereocenters. The number of amides is 1. The molecular formula is C23H22N4O2. The van der Waals surface area contributed by atoms with Gasteiger partial charge >= 0.3 is 0 Å². The third kappa shape index (κ3) is 4.60. The molecule has 6 heteroatoms. The van der Waals surface area contributed by atoms with Gasteiger partial charge in [0.25, 0.3) is 0 Å². The summed E-state index contributed by atoms with van der Waals surface area (Å²) in [4.78, 5) is 16.7. The van der Waals surface area contributed by atoms with Crippen LogP contribution in [-0.2, 0) is 11.2 Å². The van der Waals surface area contributed by atoms with Gasteiger partial charge in [-0.1, -0.05) is 42.5 Å². The lowest BCUT2D eigenvalue weighted by atomic mass is 10.1. The summed E-state index contributed by atoms with van der Waals surface area (Å²) in [5, 5.41) is 7.46. The number of anilines is 1. The number of carbonyl (C=O) groups is 1. The topological polar surface area (TPSA) is 68.5 Å². The predicted molar refractivity (Wildman–Crippen MR) is 113 cm³/mol. The smallest absolute Gasteiger partial charge is 0.225 e. The number of carbonyl (C=O) groups excluding carboxylic acids is 1. The van der Waals surface area contributed by atoms with Crippen molar-refractivity contribution < 1.29 is 9.53 Å². The van der Waals surface area contributed by atoms with Crippen LogP contribution in [0.4, 0.5) is 5.82 Å². The summed E-state index contributed by atoms with van der Waals surface area (Å²) < 4.78 is 6.95. The number of rotatable bonds is 7. The Morgan fingerprint density at radius 1 is 1.07 bits per heavy atom. The maximum absolute atomic E-state index is 12.2. The molecule has 0 spiro atoms. The number of aryl methyl sites for hydroxylation is 1. The van der Waals surface area contributed by atoms with Crippen molar-refractivity contribution in [3.8, 4) is 17.0 Å². The van der Waals surface area contributed by atoms with Crippen LogP contribution in [0.5, 0.6) is 5.75 Å². The van der Waals surface area contributed by atoms with Gasteiger partial charge in [0.15, 0.2) is 11.5 Å². The Kier molecular flexibility index (Phi) is 5.52. The highest BCUT2D eigenvalue weighted by Gasteiger charge is 2.09. The normalized spacial score (nSPS) is 10.8. The second kappa shape index (κ2) is 8.56. The van der Waals surface area contributed by atoms with Gasteiger partial charge < -0.3 is 10.1 Å². The molecule has 0 saturated heterocycles. The molecule has 0 aliphatic carbocycles. The maximum atomic E-state index is 12.2. The fourth-order valence-electron chi connectivity index (χ4n) is 3.18. The molecule has 0 saturated carbocycles. The van der Waals surface area contributed by atoms with E-state index < -0.39 is 0 Å². The molecule has 4 aromatic rings. The van der Waals surface area contributed by atoms with Crippen LogP contribution in [0.1, 0.15) is 18.4 Å². The summed E-state index contributed by atoms with van der Waals surface area (Å²) in [6.07, 6.45) is 3.85. The molecule has 0 bridgehead atoms. The van der Waals surface area contributed by atoms with E-state index in [2.05, 4.69) is 27.5 Å². The van der Waals surface area contributed by atoms with E-state index in [0.717, 1.165) is 29.8 Å². The van der Waals surface area contributed by atoms with Crippen LogP contribution in [0.15, 0.2) is 72.9 Å². The zero-order chi connectivity index (χ0) is 20.1. The Hall–Kier alpha value is -3.67. The molecule has 0 fully saturated rings. The lowest BCUT2D eigenvalue weighted by Crippen LogP contribution is -2.11. The van der Waals surface area contributed by atoms with Gasteiger partial charge in [0, 0.05) is 12.0 Å². The van der Waals surface area contributed by atoms with Crippen LogP contribution in [0.3, 0.4) is 0 Å². The van der Waals surface area contributed by atoms with E-state index in [-0.39, 0.29) is 5.91 Å². The molecule has 2 heterocycles. The van der Waals surface area contributed by atoms with Crippen LogP contribution in [-0.4, -0.2) is 27.6 Å². The van der Waals surface area contributed by atoms with Crippen LogP contribution in [0.2, 0.25) is 0 Å². The molecule has 1 amide bonds. The van der Waals surface area contributed by atoms with E-state index in [1.54, 1.807) is 17.8 Å². The number of nitrogens with zero attached hydrogens (tertiary/aromatic N) is 3. The van der Waals surface area contributed by atoms with Gasteiger partial charge in [-0.25, -0.2) is 9.50 Å². The monoisotopic (exact) mass is 386 g/mol. The van der Waals surface area contributed by atoms with E-state index in [9.17, 15) is 4.79 Å². The Morgan fingerprint density at radius 3 is 2.76 bits per heavy atom. The Balaban J connectivity index is 1.41. The van der Waals surface area contributed by atoms with Crippen molar-refractivity contribution in [1.82, 2.24) is 14.6 Å². The van der Waals surface area contributed by atoms with Crippen LogP contribution in [0, 0.1) is 0 Å². The predicted octanol–water partition coefficient (Wildman–Crippen LogP) is 4.37. The second-order valence-electron chi connectivity index (χ2n) is 6.77. The van der Waals surface area contributed by atoms with Gasteiger partial charge in [0.05, 0.1) is 19.0 Å². The average Bonchev–Trinajstić information content (AvgIpc) is 3.15. The van der Waals surface area contributed by atoms with Crippen molar-refractivity contribution in [1.29, 1.82) is 0 Å². The number of methoxy groups -OCH3 is 1. The summed E-state index contributed by atoms with van der Waals surface area (Å²) in [7, 11) is 1.64. The lowest BCUT2D eigenvalue weighted by molar-refractivity contribution is -0.116. The quantitative estimate of drug-likeness (QED) is 0.512. The fourth-order valence-corrected chi connectivity index (χ4v) is 3.18. The first-order valence-electron chi connectivity index (χ1n) is 9.56. The summed E-state index contributed by atoms with van der Waals surface area (Å²) in [6, 6.07) is 21.7. The Morgan fingerprint density at radius 2 is 1.93 bits per heavy atom. The van der Waals surface area contributed by atoms with Crippen molar-refractivity contribution in [3.05, 3.63) is 78.5 Å². The molecule has 0 radical (unpaired) electrons. The minimum atomic E-state index is -0.0441. The zero-order valence-corrected chi connectivity index (χ0v) is 16.2. The molecule has 0 aliphatic heterocycles. The summed E-state index contributed by atoms with van der Waals surface area (Å²) >= 11 is 0. The largest absolute Gasteiger partial charge is 0.497 e. The Labute approximate surface area is 169 Å². The first-order chi connectivity index (χ1) is 14.2. The minimum absolute atomic E-state index is 0.0441. The number of benzene rings is 2. The molecule has 4 rings (SSSR count). The number of imidazole rings is 1. The first-order valence-corrected chi connectivity index (χ1v) is 9.56. The van der Waals surface area contributed by atoms with Crippen LogP contribution in [0.25, 0.3) is 16.9 Å². The van der Waals surface area contributed by atoms with Gasteiger partial charge in [-0.15, -0.1) is 0 Å². The van der Waals surface area contributed by atoms with Crippen LogP contribution < -0.4 is 10.1 Å². The maximum Gasteiger partial charge on any atom is 0.225 e. The number of hydrogen-bond acceptors (Lipinski definition) is 4. The van der Waals surface area contributed by atoms with Gasteiger partial charge in [0.2, 0.25) is 5.91 Å². The van der Waals surface area contributed by atoms with Crippen molar-refractivity contribution >= 4 is 17.4 Å². The molecule has 29 heavy (non-hydrogen) atoms. The number of aromatic nitrogens is 3. The summed E-state index contributed by atoms with van der Waals surface area (Å²) in [5.41, 5.74) is 3.67. The van der Waals surface area contributed by atoms with Gasteiger partial charge in [-0.05, 0) is 42.7 Å². The molecule has 1 N–H and O–H groups in total. The molecule has 0 atom stereocenters. The molecular weight excluding hydrogens is 364 g/mol. The average molecular weight is 386 g/mol. The standard InChI is InChI=1S/C23H22N4O2/c1-29-19-11-6-10-18(15-19)20-13-14-22-24-21(16-27(22)26-20)25-23(28)12-5-9-17-7-3-2-4-8-17/h2-4,6-8,10-11,13-16H,5,9,12H2,1H3,(H,25,28). The van der Waals surface area contributed by atoms with E-state index in [1.807, 2.05) is 54.6 Å². The van der Waals surface area contributed by atoms with Crippen molar-refractivity contribution in [2.75, 3.05) is 12.4 Å². The van der Waals surface area contributed by atoms with Gasteiger partial charge in [-0.2, -0.15) is 5.10 Å². The highest BCUT2D eigenvalue weighted by atomic mass is 16.5. The molecule has 6 nitrogen and oxygen atoms in total. The molecule has 2 aromatic carbocycles. The fraction of sp³-hybridized carbons (Fsp3) is 0.174. The zero-order valence-electron chi connectivity index (χ0n) is 16.2. The minimum Gasteiger partial charge on any atom is -0.497 e. The number of ether oxygens (including phenoxy) is 1. The number of hydrogen-bond donors (Lipinski definition) is 1. The number of fused-ring (bicyclic) bond motifs is 1. The third-order valence-electron chi connectivity index (χ3n) is 4.67. The molecule has 0 aliphatic rings. The van der Waals surface area contributed by atoms with E-state index in [4.69, 9.17) is 4.74 Å². The summed E-state index contributed by atoms with van der Waals surface area (Å²) in [5.74, 6) is 1.24. The highest BCUT2D eigenvalue weighted by Crippen LogP contribution is 2.22. The van der Waals surface area contributed by atoms with Crippen molar-refractivity contribution in [2.45, 2.75) is 19.3 Å². The summed E-state index contributed by atoms with van der Waals surface area (Å²) in [6.45, 7) is 0. The first kappa shape index (κ1) is 18.7. The van der Waals surface area contributed by atoms with Gasteiger partial charge in [0.1, 0.15) is 5.75 Å². The van der Waals surface area contributed by atoms with Gasteiger partial charge in [-0.3, -0.25) is 4.79 Å². The number of nitrogens with one attached hydrogen (secondary N) is 1. The lowest BCUT2D eigenvalue weighted by Gasteiger charge is -2.04. The van der Waals surface area contributed by atoms with Crippen molar-refractivity contribution in [2.24, 2.45) is 0 Å². The molecule has 2 aromatic heterocycles.